The Morgan fingerprint density at radius 3 is 2.40 bits per heavy atom. The van der Waals surface area contributed by atoms with Crippen molar-refractivity contribution in [2.24, 2.45) is 0 Å². The molecule has 1 aliphatic rings. The van der Waals surface area contributed by atoms with Crippen molar-refractivity contribution in [3.05, 3.63) is 101 Å². The summed E-state index contributed by atoms with van der Waals surface area (Å²) in [5.74, 6) is 0.0918. The van der Waals surface area contributed by atoms with E-state index in [-0.39, 0.29) is 23.1 Å². The number of para-hydroxylation sites is 1. The highest BCUT2D eigenvalue weighted by atomic mass is 32.2. The molecule has 6 nitrogen and oxygen atoms in total. The summed E-state index contributed by atoms with van der Waals surface area (Å²) in [5.41, 5.74) is 3.58. The number of anilines is 1. The maximum atomic E-state index is 12.9. The maximum Gasteiger partial charge on any atom is 0.255 e. The third-order valence-electron chi connectivity index (χ3n) is 5.87. The van der Waals surface area contributed by atoms with Gasteiger partial charge in [0.05, 0.1) is 17.0 Å². The van der Waals surface area contributed by atoms with Crippen LogP contribution in [0.25, 0.3) is 0 Å². The fraction of sp³-hybridized carbons (Fsp3) is 0.250. The second kappa shape index (κ2) is 11.7. The molecule has 35 heavy (non-hydrogen) atoms. The number of carbonyl (C=O) groups excluding carboxylic acids is 3. The van der Waals surface area contributed by atoms with E-state index in [0.29, 0.717) is 35.7 Å². The minimum absolute atomic E-state index is 0.0636. The topological polar surface area (TPSA) is 78.5 Å². The Morgan fingerprint density at radius 1 is 0.943 bits per heavy atom. The lowest BCUT2D eigenvalue weighted by Crippen LogP contribution is -2.30. The Balaban J connectivity index is 1.43. The van der Waals surface area contributed by atoms with Gasteiger partial charge in [0.15, 0.2) is 0 Å². The molecule has 2 N–H and O–H groups in total. The van der Waals surface area contributed by atoms with Crippen LogP contribution in [-0.2, 0) is 11.2 Å². The zero-order valence-electron chi connectivity index (χ0n) is 19.7. The van der Waals surface area contributed by atoms with Crippen molar-refractivity contribution in [1.82, 2.24) is 10.2 Å². The van der Waals surface area contributed by atoms with Crippen LogP contribution in [0, 0.1) is 0 Å². The number of carbonyl (C=O) groups is 3. The predicted octanol–water partition coefficient (Wildman–Crippen LogP) is 4.90. The van der Waals surface area contributed by atoms with Gasteiger partial charge in [0.2, 0.25) is 5.91 Å². The molecule has 1 aliphatic heterocycles. The minimum atomic E-state index is -0.289. The van der Waals surface area contributed by atoms with E-state index in [1.54, 1.807) is 48.2 Å². The van der Waals surface area contributed by atoms with Crippen molar-refractivity contribution in [2.45, 2.75) is 25.1 Å². The van der Waals surface area contributed by atoms with Crippen molar-refractivity contribution < 1.29 is 14.4 Å². The van der Waals surface area contributed by atoms with Gasteiger partial charge < -0.3 is 15.5 Å². The third-order valence-corrected chi connectivity index (χ3v) is 7.12. The Kier molecular flexibility index (Phi) is 8.21. The van der Waals surface area contributed by atoms with Gasteiger partial charge in [-0.2, -0.15) is 0 Å². The average Bonchev–Trinajstić information content (AvgIpc) is 3.27. The first-order valence-corrected chi connectivity index (χ1v) is 12.8. The van der Waals surface area contributed by atoms with E-state index >= 15 is 0 Å². The minimum Gasteiger partial charge on any atom is -0.352 e. The smallest absolute Gasteiger partial charge is 0.255 e. The fourth-order valence-corrected chi connectivity index (χ4v) is 5.20. The monoisotopic (exact) mass is 487 g/mol. The van der Waals surface area contributed by atoms with Gasteiger partial charge in [0, 0.05) is 18.7 Å². The molecule has 0 aliphatic carbocycles. The number of thioether (sulfide) groups is 1. The molecule has 3 aromatic rings. The highest BCUT2D eigenvalue weighted by Crippen LogP contribution is 2.38. The average molecular weight is 488 g/mol. The summed E-state index contributed by atoms with van der Waals surface area (Å²) >= 11 is 1.61. The number of hydrogen-bond donors (Lipinski definition) is 2. The molecule has 1 fully saturated rings. The summed E-state index contributed by atoms with van der Waals surface area (Å²) in [4.78, 5) is 39.8. The lowest BCUT2D eigenvalue weighted by molar-refractivity contribution is -0.128. The third kappa shape index (κ3) is 6.11. The predicted molar refractivity (Wildman–Crippen MR) is 141 cm³/mol. The Morgan fingerprint density at radius 2 is 1.66 bits per heavy atom. The van der Waals surface area contributed by atoms with Crippen LogP contribution in [-0.4, -0.2) is 41.5 Å². The summed E-state index contributed by atoms with van der Waals surface area (Å²) < 4.78 is 0. The number of hydrogen-bond acceptors (Lipinski definition) is 4. The van der Waals surface area contributed by atoms with E-state index in [9.17, 15) is 14.4 Å². The quantitative estimate of drug-likeness (QED) is 0.450. The zero-order valence-corrected chi connectivity index (χ0v) is 20.5. The van der Waals surface area contributed by atoms with Crippen molar-refractivity contribution in [3.8, 4) is 0 Å². The lowest BCUT2D eigenvalue weighted by atomic mass is 10.1. The van der Waals surface area contributed by atoms with Gasteiger partial charge in [0.1, 0.15) is 5.37 Å². The fourth-order valence-electron chi connectivity index (χ4n) is 3.98. The molecule has 4 rings (SSSR count). The van der Waals surface area contributed by atoms with E-state index in [4.69, 9.17) is 0 Å². The Hall–Kier alpha value is -3.58. The molecular weight excluding hydrogens is 458 g/mol. The number of amides is 3. The van der Waals surface area contributed by atoms with Gasteiger partial charge in [-0.05, 0) is 48.2 Å². The SMILES string of the molecule is CCCNC(=O)c1ccccc1NC(=O)c1ccc([C@H]2SCC(=O)N2CCc2ccccc2)cc1. The molecule has 0 radical (unpaired) electrons. The van der Waals surface area contributed by atoms with Crippen LogP contribution < -0.4 is 10.6 Å². The van der Waals surface area contributed by atoms with Crippen LogP contribution >= 0.6 is 11.8 Å². The van der Waals surface area contributed by atoms with Crippen LogP contribution in [0.1, 0.15) is 50.6 Å². The van der Waals surface area contributed by atoms with Crippen LogP contribution in [0.4, 0.5) is 5.69 Å². The Labute approximate surface area is 210 Å². The standard InChI is InChI=1S/C28H29N3O3S/c1-2-17-29-27(34)23-10-6-7-11-24(23)30-26(33)21-12-14-22(15-13-21)28-31(25(32)19-35-28)18-16-20-8-4-3-5-9-20/h3-15,28H,2,16-19H2,1H3,(H,29,34)(H,30,33)/t28-/m1/s1. The lowest BCUT2D eigenvalue weighted by Gasteiger charge is -2.24. The van der Waals surface area contributed by atoms with Gasteiger partial charge in [-0.15, -0.1) is 11.8 Å². The normalized spacial score (nSPS) is 15.2. The number of nitrogens with one attached hydrogen (secondary N) is 2. The van der Waals surface area contributed by atoms with Crippen molar-refractivity contribution in [1.29, 1.82) is 0 Å². The van der Waals surface area contributed by atoms with Crippen molar-refractivity contribution in [2.75, 3.05) is 24.2 Å². The van der Waals surface area contributed by atoms with Crippen LogP contribution in [0.3, 0.4) is 0 Å². The number of benzene rings is 3. The van der Waals surface area contributed by atoms with Crippen LogP contribution in [0.5, 0.6) is 0 Å². The highest BCUT2D eigenvalue weighted by Gasteiger charge is 2.32. The molecule has 0 bridgehead atoms. The van der Waals surface area contributed by atoms with Crippen LogP contribution in [0.2, 0.25) is 0 Å². The summed E-state index contributed by atoms with van der Waals surface area (Å²) in [5, 5.41) is 5.64. The van der Waals surface area contributed by atoms with E-state index < -0.39 is 0 Å². The molecule has 1 atom stereocenters. The largest absolute Gasteiger partial charge is 0.352 e. The van der Waals surface area contributed by atoms with Crippen molar-refractivity contribution >= 4 is 35.2 Å². The van der Waals surface area contributed by atoms with E-state index in [1.807, 2.05) is 42.2 Å². The number of nitrogens with zero attached hydrogens (tertiary/aromatic N) is 1. The van der Waals surface area contributed by atoms with E-state index in [1.165, 1.54) is 5.56 Å². The molecule has 180 valence electrons. The van der Waals surface area contributed by atoms with Gasteiger partial charge in [0.25, 0.3) is 11.8 Å². The summed E-state index contributed by atoms with van der Waals surface area (Å²) in [7, 11) is 0. The highest BCUT2D eigenvalue weighted by molar-refractivity contribution is 8.00. The van der Waals surface area contributed by atoms with Crippen molar-refractivity contribution in [3.63, 3.8) is 0 Å². The first kappa shape index (κ1) is 24.5. The van der Waals surface area contributed by atoms with E-state index in [2.05, 4.69) is 22.8 Å². The molecule has 3 amide bonds. The molecular formula is C28H29N3O3S. The summed E-state index contributed by atoms with van der Waals surface area (Å²) in [6, 6.07) is 24.5. The maximum absolute atomic E-state index is 12.9. The molecule has 1 heterocycles. The first-order valence-electron chi connectivity index (χ1n) is 11.8. The van der Waals surface area contributed by atoms with Gasteiger partial charge in [-0.3, -0.25) is 14.4 Å². The van der Waals surface area contributed by atoms with E-state index in [0.717, 1.165) is 18.4 Å². The van der Waals surface area contributed by atoms with Gasteiger partial charge in [-0.1, -0.05) is 61.5 Å². The van der Waals surface area contributed by atoms with Gasteiger partial charge >= 0.3 is 0 Å². The molecule has 0 spiro atoms. The summed E-state index contributed by atoms with van der Waals surface area (Å²) in [6.45, 7) is 3.21. The molecule has 0 aromatic heterocycles. The summed E-state index contributed by atoms with van der Waals surface area (Å²) in [6.07, 6.45) is 1.64. The van der Waals surface area contributed by atoms with Crippen LogP contribution in [0.15, 0.2) is 78.9 Å². The molecule has 0 saturated carbocycles. The first-order chi connectivity index (χ1) is 17.1. The Bertz CT molecular complexity index is 1180. The second-order valence-corrected chi connectivity index (χ2v) is 9.43. The number of rotatable bonds is 9. The molecule has 0 unspecified atom stereocenters. The molecule has 1 saturated heterocycles. The zero-order chi connectivity index (χ0) is 24.6. The second-order valence-electron chi connectivity index (χ2n) is 8.36. The molecule has 7 heteroatoms. The van der Waals surface area contributed by atoms with Gasteiger partial charge in [-0.25, -0.2) is 0 Å². The molecule has 3 aromatic carbocycles.